The van der Waals surface area contributed by atoms with Gasteiger partial charge in [0.1, 0.15) is 0 Å². The van der Waals surface area contributed by atoms with Gasteiger partial charge < -0.3 is 10.2 Å². The summed E-state index contributed by atoms with van der Waals surface area (Å²) in [6.45, 7) is 3.52. The first-order valence-corrected chi connectivity index (χ1v) is 7.28. The summed E-state index contributed by atoms with van der Waals surface area (Å²) in [4.78, 5) is 6.55. The summed E-state index contributed by atoms with van der Waals surface area (Å²) in [6, 6.07) is 4.93. The Morgan fingerprint density at radius 1 is 1.10 bits per heavy atom. The van der Waals surface area contributed by atoms with Crippen molar-refractivity contribution >= 4 is 16.7 Å². The van der Waals surface area contributed by atoms with Gasteiger partial charge in [-0.1, -0.05) is 12.1 Å². The number of benzene rings is 1. The van der Waals surface area contributed by atoms with E-state index in [1.165, 1.54) is 23.7 Å². The van der Waals surface area contributed by atoms with E-state index in [4.69, 9.17) is 0 Å². The molecule has 1 N–H and O–H groups in total. The molecule has 8 heteroatoms. The van der Waals surface area contributed by atoms with Gasteiger partial charge in [0.15, 0.2) is 5.82 Å². The van der Waals surface area contributed by atoms with Crippen LogP contribution in [-0.2, 0) is 6.18 Å². The lowest BCUT2D eigenvalue weighted by Gasteiger charge is -2.26. The monoisotopic (exact) mass is 314 g/mol. The molecule has 2 heterocycles. The van der Waals surface area contributed by atoms with Gasteiger partial charge in [0.05, 0.1) is 5.56 Å². The summed E-state index contributed by atoms with van der Waals surface area (Å²) in [6.07, 6.45) is -4.32. The Morgan fingerprint density at radius 2 is 1.76 bits per heavy atom. The number of nitrogens with zero attached hydrogens (tertiary/aromatic N) is 3. The van der Waals surface area contributed by atoms with Gasteiger partial charge >= 0.3 is 6.18 Å². The lowest BCUT2D eigenvalue weighted by molar-refractivity contribution is -0.137. The highest BCUT2D eigenvalue weighted by Gasteiger charge is 2.30. The summed E-state index contributed by atoms with van der Waals surface area (Å²) in [5, 5.41) is 4.06. The molecular formula is C13H13F3N4S. The van der Waals surface area contributed by atoms with Crippen molar-refractivity contribution in [1.82, 2.24) is 14.7 Å². The van der Waals surface area contributed by atoms with Crippen LogP contribution in [0.25, 0.3) is 11.4 Å². The molecule has 2 aromatic rings. The van der Waals surface area contributed by atoms with Crippen molar-refractivity contribution in [2.75, 3.05) is 31.1 Å². The minimum Gasteiger partial charge on any atom is -0.344 e. The Hall–Kier alpha value is -1.67. The van der Waals surface area contributed by atoms with Crippen molar-refractivity contribution in [3.8, 4) is 11.4 Å². The van der Waals surface area contributed by atoms with Crippen LogP contribution in [0, 0.1) is 0 Å². The molecule has 1 aliphatic rings. The molecule has 0 amide bonds. The molecule has 112 valence electrons. The fourth-order valence-electron chi connectivity index (χ4n) is 2.13. The second-order valence-corrected chi connectivity index (χ2v) is 5.44. The van der Waals surface area contributed by atoms with Crippen LogP contribution in [0.4, 0.5) is 18.3 Å². The molecule has 4 nitrogen and oxygen atoms in total. The van der Waals surface area contributed by atoms with Crippen LogP contribution in [0.3, 0.4) is 0 Å². The lowest BCUT2D eigenvalue weighted by Crippen LogP contribution is -2.43. The maximum atomic E-state index is 12.5. The minimum absolute atomic E-state index is 0.474. The molecule has 0 bridgehead atoms. The van der Waals surface area contributed by atoms with Gasteiger partial charge in [0.25, 0.3) is 0 Å². The first-order chi connectivity index (χ1) is 10.0. The van der Waals surface area contributed by atoms with Crippen molar-refractivity contribution in [1.29, 1.82) is 0 Å². The van der Waals surface area contributed by atoms with Crippen LogP contribution in [-0.4, -0.2) is 35.5 Å². The Morgan fingerprint density at radius 3 is 2.38 bits per heavy atom. The molecule has 1 aromatic heterocycles. The van der Waals surface area contributed by atoms with Crippen molar-refractivity contribution in [3.63, 3.8) is 0 Å². The zero-order chi connectivity index (χ0) is 14.9. The van der Waals surface area contributed by atoms with Gasteiger partial charge in [-0.05, 0) is 12.1 Å². The largest absolute Gasteiger partial charge is 0.416 e. The fraction of sp³-hybridized carbons (Fsp3) is 0.385. The zero-order valence-electron chi connectivity index (χ0n) is 11.0. The van der Waals surface area contributed by atoms with Crippen molar-refractivity contribution in [2.45, 2.75) is 6.18 Å². The smallest absolute Gasteiger partial charge is 0.344 e. The van der Waals surface area contributed by atoms with Crippen LogP contribution >= 0.6 is 11.5 Å². The molecule has 0 unspecified atom stereocenters. The van der Waals surface area contributed by atoms with Crippen LogP contribution in [0.1, 0.15) is 5.56 Å². The molecule has 1 fully saturated rings. The first-order valence-electron chi connectivity index (χ1n) is 6.51. The highest BCUT2D eigenvalue weighted by Crippen LogP contribution is 2.31. The van der Waals surface area contributed by atoms with E-state index in [2.05, 4.69) is 19.6 Å². The molecule has 0 spiro atoms. The quantitative estimate of drug-likeness (QED) is 0.925. The predicted molar refractivity (Wildman–Crippen MR) is 75.4 cm³/mol. The molecule has 0 radical (unpaired) electrons. The number of piperazine rings is 1. The Bertz CT molecular complexity index is 603. The first kappa shape index (κ1) is 14.3. The van der Waals surface area contributed by atoms with Gasteiger partial charge in [0.2, 0.25) is 5.13 Å². The normalized spacial score (nSPS) is 16.2. The molecular weight excluding hydrogens is 301 g/mol. The molecule has 1 aromatic carbocycles. The molecule has 0 saturated carbocycles. The molecule has 1 saturated heterocycles. The zero-order valence-corrected chi connectivity index (χ0v) is 11.8. The molecule has 0 atom stereocenters. The van der Waals surface area contributed by atoms with E-state index in [1.807, 2.05) is 0 Å². The Labute approximate surface area is 123 Å². The third kappa shape index (κ3) is 3.16. The fourth-order valence-corrected chi connectivity index (χ4v) is 2.87. The lowest BCUT2D eigenvalue weighted by atomic mass is 10.1. The van der Waals surface area contributed by atoms with E-state index in [0.717, 1.165) is 43.4 Å². The Balaban J connectivity index is 1.79. The third-order valence-electron chi connectivity index (χ3n) is 3.27. The van der Waals surface area contributed by atoms with Gasteiger partial charge in [-0.15, -0.1) is 0 Å². The maximum absolute atomic E-state index is 12.5. The third-order valence-corrected chi connectivity index (χ3v) is 4.05. The number of anilines is 1. The van der Waals surface area contributed by atoms with Gasteiger partial charge in [-0.25, -0.2) is 0 Å². The summed E-state index contributed by atoms with van der Waals surface area (Å²) in [5.74, 6) is 0.474. The summed E-state index contributed by atoms with van der Waals surface area (Å²) in [5.41, 5.74) is -0.0653. The predicted octanol–water partition coefficient (Wildman–Crippen LogP) is 2.63. The number of aromatic nitrogens is 2. The Kier molecular flexibility index (Phi) is 3.81. The average molecular weight is 314 g/mol. The minimum atomic E-state index is -4.32. The molecule has 1 aliphatic heterocycles. The number of hydrogen-bond acceptors (Lipinski definition) is 5. The van der Waals surface area contributed by atoms with E-state index < -0.39 is 11.7 Å². The van der Waals surface area contributed by atoms with Crippen molar-refractivity contribution < 1.29 is 13.2 Å². The number of nitrogens with one attached hydrogen (secondary N) is 1. The standard InChI is InChI=1S/C13H13F3N4S/c14-13(15,16)10-3-1-9(2-4-10)11-18-12(21-19-11)20-7-5-17-6-8-20/h1-4,17H,5-8H2. The van der Waals surface area contributed by atoms with E-state index in [1.54, 1.807) is 0 Å². The highest BCUT2D eigenvalue weighted by atomic mass is 32.1. The van der Waals surface area contributed by atoms with Gasteiger partial charge in [-0.2, -0.15) is 22.5 Å². The maximum Gasteiger partial charge on any atom is 0.416 e. The summed E-state index contributed by atoms with van der Waals surface area (Å²) in [7, 11) is 0. The molecule has 21 heavy (non-hydrogen) atoms. The van der Waals surface area contributed by atoms with E-state index >= 15 is 0 Å². The topological polar surface area (TPSA) is 41.1 Å². The van der Waals surface area contributed by atoms with Crippen LogP contribution < -0.4 is 10.2 Å². The van der Waals surface area contributed by atoms with Gasteiger partial charge in [0, 0.05) is 43.3 Å². The second-order valence-electron chi connectivity index (χ2n) is 4.71. The SMILES string of the molecule is FC(F)(F)c1ccc(-c2nsc(N3CCNCC3)n2)cc1. The van der Waals surface area contributed by atoms with E-state index in [0.29, 0.717) is 11.4 Å². The van der Waals surface area contributed by atoms with Crippen LogP contribution in [0.15, 0.2) is 24.3 Å². The summed E-state index contributed by atoms with van der Waals surface area (Å²) >= 11 is 1.28. The number of rotatable bonds is 2. The van der Waals surface area contributed by atoms with Crippen molar-refractivity contribution in [3.05, 3.63) is 29.8 Å². The summed E-state index contributed by atoms with van der Waals surface area (Å²) < 4.78 is 41.8. The van der Waals surface area contributed by atoms with E-state index in [-0.39, 0.29) is 0 Å². The number of alkyl halides is 3. The van der Waals surface area contributed by atoms with Crippen LogP contribution in [0.5, 0.6) is 0 Å². The van der Waals surface area contributed by atoms with Crippen LogP contribution in [0.2, 0.25) is 0 Å². The van der Waals surface area contributed by atoms with Gasteiger partial charge in [-0.3, -0.25) is 0 Å². The number of hydrogen-bond donors (Lipinski definition) is 1. The van der Waals surface area contributed by atoms with E-state index in [9.17, 15) is 13.2 Å². The highest BCUT2D eigenvalue weighted by molar-refractivity contribution is 7.09. The average Bonchev–Trinajstić information content (AvgIpc) is 2.97. The molecule has 0 aliphatic carbocycles. The number of halogens is 3. The second kappa shape index (κ2) is 5.61. The van der Waals surface area contributed by atoms with Crippen molar-refractivity contribution in [2.24, 2.45) is 0 Å². The molecule has 3 rings (SSSR count).